The van der Waals surface area contributed by atoms with Gasteiger partial charge in [-0.05, 0) is 18.6 Å². The van der Waals surface area contributed by atoms with Gasteiger partial charge in [0.15, 0.2) is 0 Å². The summed E-state index contributed by atoms with van der Waals surface area (Å²) in [5.74, 6) is 0. The number of nitriles is 1. The van der Waals surface area contributed by atoms with Crippen LogP contribution in [0.3, 0.4) is 0 Å². The average molecular weight is 244 g/mol. The molecule has 1 N–H and O–H groups in total. The van der Waals surface area contributed by atoms with Gasteiger partial charge < -0.3 is 5.10 Å². The fraction of sp³-hybridized carbons (Fsp3) is 0.167. The van der Waals surface area contributed by atoms with Gasteiger partial charge in [-0.2, -0.15) is 5.26 Å². The number of hydrogen-bond donors (Lipinski definition) is 1. The maximum Gasteiger partial charge on any atom is 0.126 e. The van der Waals surface area contributed by atoms with E-state index >= 15 is 0 Å². The van der Waals surface area contributed by atoms with Crippen LogP contribution in [0.1, 0.15) is 10.4 Å². The van der Waals surface area contributed by atoms with Crippen molar-refractivity contribution < 1.29 is 0 Å². The minimum Gasteiger partial charge on any atom is -0.306 e. The summed E-state index contributed by atoms with van der Waals surface area (Å²) in [7, 11) is 1.92. The minimum absolute atomic E-state index is 0.625. The highest BCUT2D eigenvalue weighted by molar-refractivity contribution is 7.15. The molecule has 4 nitrogen and oxygen atoms in total. The van der Waals surface area contributed by atoms with Crippen LogP contribution in [0.15, 0.2) is 30.7 Å². The second-order valence-electron chi connectivity index (χ2n) is 3.63. The third kappa shape index (κ3) is 2.55. The number of nitrogens with zero attached hydrogens (tertiary/aromatic N) is 3. The molecule has 2 heterocycles. The molecule has 2 aromatic rings. The van der Waals surface area contributed by atoms with Crippen molar-refractivity contribution in [2.24, 2.45) is 7.05 Å². The Labute approximate surface area is 103 Å². The van der Waals surface area contributed by atoms with E-state index in [-0.39, 0.29) is 0 Å². The van der Waals surface area contributed by atoms with E-state index in [0.717, 1.165) is 16.1 Å². The van der Waals surface area contributed by atoms with E-state index in [1.165, 1.54) is 11.3 Å². The molecule has 2 aromatic heterocycles. The second-order valence-corrected chi connectivity index (χ2v) is 4.66. The summed E-state index contributed by atoms with van der Waals surface area (Å²) < 4.78 is 1.85. The molecule has 0 saturated heterocycles. The Kier molecular flexibility index (Phi) is 3.26. The van der Waals surface area contributed by atoms with Gasteiger partial charge in [-0.15, -0.1) is 11.3 Å². The zero-order chi connectivity index (χ0) is 12.3. The Morgan fingerprint density at radius 1 is 1.53 bits per heavy atom. The van der Waals surface area contributed by atoms with Gasteiger partial charge in [0.25, 0.3) is 0 Å². The van der Waals surface area contributed by atoms with E-state index in [2.05, 4.69) is 16.2 Å². The highest BCUT2D eigenvalue weighted by atomic mass is 32.1. The first-order valence-corrected chi connectivity index (χ1v) is 5.93. The van der Waals surface area contributed by atoms with Crippen LogP contribution < -0.4 is 0 Å². The van der Waals surface area contributed by atoms with Gasteiger partial charge in [0, 0.05) is 25.0 Å². The molecule has 0 radical (unpaired) electrons. The van der Waals surface area contributed by atoms with Gasteiger partial charge in [0.2, 0.25) is 0 Å². The smallest absolute Gasteiger partial charge is 0.126 e. The van der Waals surface area contributed by atoms with Gasteiger partial charge >= 0.3 is 0 Å². The number of aromatic nitrogens is 3. The number of rotatable bonds is 1. The first-order valence-electron chi connectivity index (χ1n) is 5.11. The summed E-state index contributed by atoms with van der Waals surface area (Å²) in [6.45, 7) is 2.02. The van der Waals surface area contributed by atoms with E-state index in [0.29, 0.717) is 4.88 Å². The first kappa shape index (κ1) is 11.4. The molecule has 17 heavy (non-hydrogen) atoms. The summed E-state index contributed by atoms with van der Waals surface area (Å²) in [6, 6.07) is 6.09. The summed E-state index contributed by atoms with van der Waals surface area (Å²) in [4.78, 5) is 4.89. The van der Waals surface area contributed by atoms with E-state index < -0.39 is 0 Å². The Hall–Kier alpha value is -2.06. The predicted octanol–water partition coefficient (Wildman–Crippen LogP) is 2.78. The van der Waals surface area contributed by atoms with Crippen molar-refractivity contribution in [3.63, 3.8) is 0 Å². The summed E-state index contributed by atoms with van der Waals surface area (Å²) in [5, 5.41) is 12.8. The van der Waals surface area contributed by atoms with Crippen molar-refractivity contribution in [3.8, 4) is 16.6 Å². The normalized spacial score (nSPS) is 9.71. The first-order chi connectivity index (χ1) is 8.20. The zero-order valence-corrected chi connectivity index (χ0v) is 10.5. The van der Waals surface area contributed by atoms with E-state index in [9.17, 15) is 0 Å². The maximum absolute atomic E-state index is 8.81. The molecule has 0 fully saturated rings. The van der Waals surface area contributed by atoms with Gasteiger partial charge in [-0.1, -0.05) is 6.07 Å². The number of hydrogen-bond acceptors (Lipinski definition) is 3. The van der Waals surface area contributed by atoms with E-state index in [4.69, 9.17) is 5.26 Å². The molecule has 0 aliphatic rings. The highest BCUT2D eigenvalue weighted by Crippen LogP contribution is 2.25. The molecule has 0 aliphatic carbocycles. The predicted molar refractivity (Wildman–Crippen MR) is 68.0 cm³/mol. The Bertz CT molecular complexity index is 611. The van der Waals surface area contributed by atoms with E-state index in [1.54, 1.807) is 6.20 Å². The molecule has 5 heteroatoms. The lowest BCUT2D eigenvalue weighted by Crippen LogP contribution is -1.92. The van der Waals surface area contributed by atoms with Crippen molar-refractivity contribution >= 4 is 11.3 Å². The fourth-order valence-electron chi connectivity index (χ4n) is 1.41. The SMILES string of the molecule is Cc1cccn(C)[nH]cc1-c1ncc(C#N)s1. The van der Waals surface area contributed by atoms with Crippen molar-refractivity contribution in [2.75, 3.05) is 0 Å². The molecule has 2 rings (SSSR count). The van der Waals surface area contributed by atoms with Crippen LogP contribution in [-0.4, -0.2) is 14.8 Å². The maximum atomic E-state index is 8.81. The van der Waals surface area contributed by atoms with Crippen LogP contribution in [0.2, 0.25) is 0 Å². The molecule has 0 bridgehead atoms. The van der Waals surface area contributed by atoms with Gasteiger partial charge in [0.1, 0.15) is 16.0 Å². The van der Waals surface area contributed by atoms with Gasteiger partial charge in [-0.25, -0.2) is 4.98 Å². The molecule has 0 spiro atoms. The molecule has 0 unspecified atom stereocenters. The molecule has 0 saturated carbocycles. The van der Waals surface area contributed by atoms with Crippen LogP contribution >= 0.6 is 11.3 Å². The van der Waals surface area contributed by atoms with Crippen molar-refractivity contribution in [3.05, 3.63) is 41.2 Å². The van der Waals surface area contributed by atoms with Gasteiger partial charge in [0.05, 0.1) is 6.20 Å². The minimum atomic E-state index is 0.625. The molecule has 0 aromatic carbocycles. The quantitative estimate of drug-likeness (QED) is 0.838. The second kappa shape index (κ2) is 4.85. The Balaban J connectivity index is 2.59. The lowest BCUT2D eigenvalue weighted by Gasteiger charge is -2.01. The lowest BCUT2D eigenvalue weighted by molar-refractivity contribution is 0.745. The summed E-state index contributed by atoms with van der Waals surface area (Å²) in [6.07, 6.45) is 5.43. The third-order valence-corrected chi connectivity index (χ3v) is 3.27. The van der Waals surface area contributed by atoms with Crippen molar-refractivity contribution in [2.45, 2.75) is 6.92 Å². The molecule has 0 atom stereocenters. The topological polar surface area (TPSA) is 57.4 Å². The van der Waals surface area contributed by atoms with Crippen LogP contribution in [0.5, 0.6) is 0 Å². The number of aryl methyl sites for hydroxylation is 2. The van der Waals surface area contributed by atoms with E-state index in [1.807, 2.05) is 43.2 Å². The van der Waals surface area contributed by atoms with Gasteiger partial charge in [-0.3, -0.25) is 4.68 Å². The standard InChI is InChI=1S/C12H12N4S/c1-9-4-3-5-16(2)15-8-11(9)12-14-7-10(6-13)17-12/h3-5,7-8,15H,1-2H3. The lowest BCUT2D eigenvalue weighted by atomic mass is 10.2. The zero-order valence-electron chi connectivity index (χ0n) is 9.64. The summed E-state index contributed by atoms with van der Waals surface area (Å²) >= 11 is 1.40. The molecule has 0 aliphatic heterocycles. The summed E-state index contributed by atoms with van der Waals surface area (Å²) in [5.41, 5.74) is 2.12. The molecular formula is C12H12N4S. The molecular weight excluding hydrogens is 232 g/mol. The fourth-order valence-corrected chi connectivity index (χ4v) is 2.20. The van der Waals surface area contributed by atoms with Crippen LogP contribution in [-0.2, 0) is 7.05 Å². The number of aromatic amines is 1. The monoisotopic (exact) mass is 244 g/mol. The third-order valence-electron chi connectivity index (χ3n) is 2.34. The average Bonchev–Trinajstić information content (AvgIpc) is 2.76. The number of nitrogens with one attached hydrogen (secondary N) is 1. The van der Waals surface area contributed by atoms with Crippen LogP contribution in [0.4, 0.5) is 0 Å². The highest BCUT2D eigenvalue weighted by Gasteiger charge is 2.05. The molecule has 86 valence electrons. The van der Waals surface area contributed by atoms with Crippen molar-refractivity contribution in [1.82, 2.24) is 14.8 Å². The van der Waals surface area contributed by atoms with Crippen LogP contribution in [0.25, 0.3) is 10.6 Å². The number of thiazole rings is 1. The van der Waals surface area contributed by atoms with Crippen LogP contribution in [0, 0.1) is 18.3 Å². The Morgan fingerprint density at radius 2 is 2.35 bits per heavy atom. The Morgan fingerprint density at radius 3 is 3.06 bits per heavy atom. The largest absolute Gasteiger partial charge is 0.306 e. The van der Waals surface area contributed by atoms with Crippen molar-refractivity contribution in [1.29, 1.82) is 5.26 Å². The number of H-pyrrole nitrogens is 1. The molecule has 0 amide bonds.